The summed E-state index contributed by atoms with van der Waals surface area (Å²) in [6.45, 7) is 2.91. The van der Waals surface area contributed by atoms with Gasteiger partial charge in [-0.3, -0.25) is 0 Å². The number of rotatable bonds is 5. The Morgan fingerprint density at radius 3 is 2.33 bits per heavy atom. The first-order valence-corrected chi connectivity index (χ1v) is 7.54. The molecule has 0 spiro atoms. The molecule has 0 aromatic heterocycles. The Bertz CT molecular complexity index is 698. The third-order valence-electron chi connectivity index (χ3n) is 3.70. The third kappa shape index (κ3) is 2.98. The van der Waals surface area contributed by atoms with Crippen LogP contribution in [0.25, 0.3) is 10.8 Å². The van der Waals surface area contributed by atoms with E-state index in [0.29, 0.717) is 0 Å². The Kier molecular flexibility index (Phi) is 4.32. The van der Waals surface area contributed by atoms with Gasteiger partial charge in [-0.05, 0) is 28.3 Å². The fraction of sp³-hybridized carbons (Fsp3) is 0.200. The van der Waals surface area contributed by atoms with Gasteiger partial charge in [0.05, 0.1) is 0 Å². The highest BCUT2D eigenvalue weighted by molar-refractivity contribution is 5.86. The maximum absolute atomic E-state index is 6.17. The maximum Gasteiger partial charge on any atom is 0.108 e. The summed E-state index contributed by atoms with van der Waals surface area (Å²) in [5.41, 5.74) is 2.45. The molecule has 0 fully saturated rings. The molecule has 3 aromatic carbocycles. The first kappa shape index (κ1) is 13.8. The van der Waals surface area contributed by atoms with Crippen LogP contribution in [0.15, 0.2) is 72.8 Å². The summed E-state index contributed by atoms with van der Waals surface area (Å²) in [6, 6.07) is 25.4. The summed E-state index contributed by atoms with van der Waals surface area (Å²) in [4.78, 5) is 0. The molecule has 0 heterocycles. The molecule has 106 valence electrons. The summed E-state index contributed by atoms with van der Waals surface area (Å²) in [5.74, 6) is 0. The molecule has 0 aliphatic heterocycles. The smallest absolute Gasteiger partial charge is 0.108 e. The lowest BCUT2D eigenvalue weighted by molar-refractivity contribution is 0.0816. The van der Waals surface area contributed by atoms with Gasteiger partial charge in [0.15, 0.2) is 0 Å². The minimum atomic E-state index is -0.00255. The summed E-state index contributed by atoms with van der Waals surface area (Å²) >= 11 is 0. The van der Waals surface area contributed by atoms with E-state index in [1.165, 1.54) is 21.9 Å². The van der Waals surface area contributed by atoms with Gasteiger partial charge in [-0.1, -0.05) is 79.7 Å². The Balaban J connectivity index is 2.10. The second-order valence-electron chi connectivity index (χ2n) is 5.23. The van der Waals surface area contributed by atoms with Crippen molar-refractivity contribution in [3.63, 3.8) is 0 Å². The Morgan fingerprint density at radius 2 is 1.52 bits per heavy atom. The SMILES string of the molecule is CCCOC(c1ccccc1)c1cccc2ccccc12. The van der Waals surface area contributed by atoms with Crippen LogP contribution in [-0.2, 0) is 4.74 Å². The van der Waals surface area contributed by atoms with Crippen molar-refractivity contribution in [3.05, 3.63) is 83.9 Å². The van der Waals surface area contributed by atoms with Gasteiger partial charge in [-0.25, -0.2) is 0 Å². The minimum absolute atomic E-state index is 0.00255. The predicted octanol–water partition coefficient (Wildman–Crippen LogP) is 5.36. The van der Waals surface area contributed by atoms with Crippen LogP contribution in [-0.4, -0.2) is 6.61 Å². The van der Waals surface area contributed by atoms with E-state index in [0.717, 1.165) is 13.0 Å². The molecule has 0 aliphatic carbocycles. The molecule has 0 aliphatic rings. The Labute approximate surface area is 126 Å². The highest BCUT2D eigenvalue weighted by atomic mass is 16.5. The molecule has 1 atom stereocenters. The summed E-state index contributed by atoms with van der Waals surface area (Å²) in [5, 5.41) is 2.53. The van der Waals surface area contributed by atoms with Gasteiger partial charge in [0.2, 0.25) is 0 Å². The first-order chi connectivity index (χ1) is 10.4. The molecule has 0 radical (unpaired) electrons. The highest BCUT2D eigenvalue weighted by Crippen LogP contribution is 2.31. The van der Waals surface area contributed by atoms with E-state index in [1.807, 2.05) is 6.07 Å². The van der Waals surface area contributed by atoms with Crippen molar-refractivity contribution in [1.82, 2.24) is 0 Å². The number of hydrogen-bond acceptors (Lipinski definition) is 1. The number of ether oxygens (including phenoxy) is 1. The van der Waals surface area contributed by atoms with Crippen molar-refractivity contribution in [3.8, 4) is 0 Å². The Morgan fingerprint density at radius 1 is 0.810 bits per heavy atom. The highest BCUT2D eigenvalue weighted by Gasteiger charge is 2.16. The van der Waals surface area contributed by atoms with Crippen molar-refractivity contribution in [1.29, 1.82) is 0 Å². The molecule has 0 N–H and O–H groups in total. The average Bonchev–Trinajstić information content (AvgIpc) is 2.56. The molecule has 0 saturated heterocycles. The fourth-order valence-electron chi connectivity index (χ4n) is 2.71. The van der Waals surface area contributed by atoms with Crippen LogP contribution < -0.4 is 0 Å². The summed E-state index contributed by atoms with van der Waals surface area (Å²) in [6.07, 6.45) is 1.02. The van der Waals surface area contributed by atoms with Gasteiger partial charge in [-0.15, -0.1) is 0 Å². The summed E-state index contributed by atoms with van der Waals surface area (Å²) < 4.78 is 6.17. The van der Waals surface area contributed by atoms with E-state index < -0.39 is 0 Å². The van der Waals surface area contributed by atoms with Gasteiger partial charge in [-0.2, -0.15) is 0 Å². The maximum atomic E-state index is 6.17. The Hall–Kier alpha value is -2.12. The van der Waals surface area contributed by atoms with Crippen molar-refractivity contribution >= 4 is 10.8 Å². The van der Waals surface area contributed by atoms with E-state index in [1.54, 1.807) is 0 Å². The molecule has 0 saturated carbocycles. The van der Waals surface area contributed by atoms with Crippen LogP contribution in [0.5, 0.6) is 0 Å². The zero-order valence-electron chi connectivity index (χ0n) is 12.3. The number of hydrogen-bond donors (Lipinski definition) is 0. The van der Waals surface area contributed by atoms with Crippen LogP contribution >= 0.6 is 0 Å². The third-order valence-corrected chi connectivity index (χ3v) is 3.70. The molecule has 3 rings (SSSR count). The zero-order valence-corrected chi connectivity index (χ0v) is 12.3. The van der Waals surface area contributed by atoms with Crippen LogP contribution in [0.1, 0.15) is 30.6 Å². The molecule has 0 bridgehead atoms. The second-order valence-corrected chi connectivity index (χ2v) is 5.23. The van der Waals surface area contributed by atoms with Gasteiger partial charge in [0.1, 0.15) is 6.10 Å². The van der Waals surface area contributed by atoms with Crippen LogP contribution in [0.4, 0.5) is 0 Å². The number of fused-ring (bicyclic) bond motifs is 1. The molecule has 1 nitrogen and oxygen atoms in total. The summed E-state index contributed by atoms with van der Waals surface area (Å²) in [7, 11) is 0. The first-order valence-electron chi connectivity index (χ1n) is 7.54. The molecule has 3 aromatic rings. The molecule has 0 amide bonds. The van der Waals surface area contributed by atoms with Crippen molar-refractivity contribution in [2.24, 2.45) is 0 Å². The predicted molar refractivity (Wildman–Crippen MR) is 88.5 cm³/mol. The van der Waals surface area contributed by atoms with Crippen LogP contribution in [0, 0.1) is 0 Å². The van der Waals surface area contributed by atoms with Gasteiger partial charge < -0.3 is 4.74 Å². The quantitative estimate of drug-likeness (QED) is 0.610. The fourth-order valence-corrected chi connectivity index (χ4v) is 2.71. The standard InChI is InChI=1S/C20H20O/c1-2-15-21-20(17-10-4-3-5-11-17)19-14-8-12-16-9-6-7-13-18(16)19/h3-14,20H,2,15H2,1H3. The van der Waals surface area contributed by atoms with Gasteiger partial charge in [0.25, 0.3) is 0 Å². The van der Waals surface area contributed by atoms with Crippen LogP contribution in [0.3, 0.4) is 0 Å². The zero-order chi connectivity index (χ0) is 14.5. The largest absolute Gasteiger partial charge is 0.369 e. The van der Waals surface area contributed by atoms with Crippen LogP contribution in [0.2, 0.25) is 0 Å². The average molecular weight is 276 g/mol. The van der Waals surface area contributed by atoms with Gasteiger partial charge in [0, 0.05) is 6.61 Å². The van der Waals surface area contributed by atoms with E-state index in [-0.39, 0.29) is 6.10 Å². The molecule has 1 heteroatoms. The van der Waals surface area contributed by atoms with Crippen molar-refractivity contribution in [2.45, 2.75) is 19.4 Å². The van der Waals surface area contributed by atoms with E-state index >= 15 is 0 Å². The molecular formula is C20H20O. The van der Waals surface area contributed by atoms with Gasteiger partial charge >= 0.3 is 0 Å². The van der Waals surface area contributed by atoms with E-state index in [4.69, 9.17) is 4.74 Å². The lowest BCUT2D eigenvalue weighted by Gasteiger charge is -2.20. The topological polar surface area (TPSA) is 9.23 Å². The lowest BCUT2D eigenvalue weighted by Crippen LogP contribution is -2.07. The van der Waals surface area contributed by atoms with E-state index in [9.17, 15) is 0 Å². The molecule has 21 heavy (non-hydrogen) atoms. The monoisotopic (exact) mass is 276 g/mol. The minimum Gasteiger partial charge on any atom is -0.369 e. The lowest BCUT2D eigenvalue weighted by atomic mass is 9.96. The second kappa shape index (κ2) is 6.55. The van der Waals surface area contributed by atoms with Crippen molar-refractivity contribution in [2.75, 3.05) is 6.61 Å². The van der Waals surface area contributed by atoms with Crippen molar-refractivity contribution < 1.29 is 4.74 Å². The molecule has 1 unspecified atom stereocenters. The normalized spacial score (nSPS) is 12.4. The van der Waals surface area contributed by atoms with E-state index in [2.05, 4.69) is 73.7 Å². The molecular weight excluding hydrogens is 256 g/mol. The number of benzene rings is 3.